The molecule has 0 aliphatic rings. The van der Waals surface area contributed by atoms with E-state index in [2.05, 4.69) is 17.0 Å². The van der Waals surface area contributed by atoms with Crippen molar-refractivity contribution >= 4 is 16.6 Å². The third kappa shape index (κ3) is 2.63. The summed E-state index contributed by atoms with van der Waals surface area (Å²) >= 11 is 0. The first kappa shape index (κ1) is 9.16. The van der Waals surface area contributed by atoms with E-state index >= 15 is 0 Å². The van der Waals surface area contributed by atoms with Gasteiger partial charge in [0.15, 0.2) is 14.9 Å². The molecule has 0 heterocycles. The van der Waals surface area contributed by atoms with Gasteiger partial charge >= 0.3 is 0 Å². The average Bonchev–Trinajstić information content (AvgIpc) is 1.80. The number of hydrogen-bond donors (Lipinski definition) is 1. The lowest BCUT2D eigenvalue weighted by Gasteiger charge is -1.95. The van der Waals surface area contributed by atoms with Crippen LogP contribution in [0.15, 0.2) is 16.2 Å². The summed E-state index contributed by atoms with van der Waals surface area (Å²) < 4.78 is 21.4. The number of hydrogen-bond acceptors (Lipinski definition) is 4. The molecule has 0 radical (unpaired) electrons. The molecule has 58 valence electrons. The fraction of sp³-hybridized carbons (Fsp3) is 0.400. The van der Waals surface area contributed by atoms with Crippen LogP contribution in [0.1, 0.15) is 0 Å². The zero-order chi connectivity index (χ0) is 8.20. The molecule has 0 saturated heterocycles. The van der Waals surface area contributed by atoms with E-state index in [1.54, 1.807) is 7.05 Å². The quantitative estimate of drug-likeness (QED) is 0.582. The molecule has 0 amide bonds. The molecule has 0 aromatic heterocycles. The molecule has 0 aromatic rings. The Kier molecular flexibility index (Phi) is 3.08. The van der Waals surface area contributed by atoms with Crippen LogP contribution in [-0.4, -0.2) is 28.4 Å². The van der Waals surface area contributed by atoms with Crippen molar-refractivity contribution in [2.24, 2.45) is 4.99 Å². The second-order valence-corrected chi connectivity index (χ2v) is 3.66. The monoisotopic (exact) mass is 162 g/mol. The van der Waals surface area contributed by atoms with Crippen LogP contribution in [0, 0.1) is 0 Å². The van der Waals surface area contributed by atoms with Crippen LogP contribution < -0.4 is 5.32 Å². The molecule has 0 rings (SSSR count). The van der Waals surface area contributed by atoms with Gasteiger partial charge in [0.1, 0.15) is 0 Å². The van der Waals surface area contributed by atoms with Crippen LogP contribution in [0.5, 0.6) is 0 Å². The van der Waals surface area contributed by atoms with E-state index in [1.165, 1.54) is 6.20 Å². The van der Waals surface area contributed by atoms with Gasteiger partial charge < -0.3 is 5.32 Å². The Morgan fingerprint density at radius 3 is 2.30 bits per heavy atom. The van der Waals surface area contributed by atoms with Crippen molar-refractivity contribution in [3.63, 3.8) is 0 Å². The molecule has 1 N–H and O–H groups in total. The molecule has 0 unspecified atom stereocenters. The Morgan fingerprint density at radius 2 is 2.20 bits per heavy atom. The van der Waals surface area contributed by atoms with Gasteiger partial charge in [0.05, 0.1) is 0 Å². The second kappa shape index (κ2) is 3.36. The van der Waals surface area contributed by atoms with Gasteiger partial charge in [0.2, 0.25) is 0 Å². The fourth-order valence-electron chi connectivity index (χ4n) is 0.393. The minimum atomic E-state index is -3.21. The van der Waals surface area contributed by atoms with Crippen molar-refractivity contribution in [1.82, 2.24) is 5.32 Å². The minimum absolute atomic E-state index is 0.0463. The summed E-state index contributed by atoms with van der Waals surface area (Å²) in [5.74, 6) is 0. The summed E-state index contributed by atoms with van der Waals surface area (Å²) in [4.78, 5) is 3.31. The lowest BCUT2D eigenvalue weighted by molar-refractivity contribution is 0.607. The second-order valence-electron chi connectivity index (χ2n) is 1.70. The Morgan fingerprint density at radius 1 is 1.70 bits per heavy atom. The summed E-state index contributed by atoms with van der Waals surface area (Å²) in [5, 5.41) is 2.50. The largest absolute Gasteiger partial charge is 0.392 e. The van der Waals surface area contributed by atoms with Crippen molar-refractivity contribution in [2.75, 3.05) is 13.3 Å². The molecule has 0 aliphatic heterocycles. The molecule has 0 spiro atoms. The zero-order valence-corrected chi connectivity index (χ0v) is 6.77. The number of rotatable bonds is 3. The van der Waals surface area contributed by atoms with Gasteiger partial charge in [-0.05, 0) is 6.72 Å². The highest BCUT2D eigenvalue weighted by atomic mass is 32.2. The van der Waals surface area contributed by atoms with Crippen LogP contribution in [0.4, 0.5) is 0 Å². The van der Waals surface area contributed by atoms with E-state index in [1.807, 2.05) is 0 Å². The maximum Gasteiger partial charge on any atom is 0.194 e. The number of sulfone groups is 1. The highest BCUT2D eigenvalue weighted by molar-refractivity contribution is 7.94. The van der Waals surface area contributed by atoms with Gasteiger partial charge in [0, 0.05) is 19.5 Å². The molecule has 0 saturated carbocycles. The maximum absolute atomic E-state index is 10.7. The highest BCUT2D eigenvalue weighted by Crippen LogP contribution is 2.01. The van der Waals surface area contributed by atoms with Gasteiger partial charge in [-0.15, -0.1) is 0 Å². The third-order valence-electron chi connectivity index (χ3n) is 0.804. The Bertz CT molecular complexity index is 240. The predicted molar refractivity (Wildman–Crippen MR) is 41.5 cm³/mol. The molecule has 0 fully saturated rings. The van der Waals surface area contributed by atoms with Crippen molar-refractivity contribution in [1.29, 1.82) is 0 Å². The summed E-state index contributed by atoms with van der Waals surface area (Å²) in [7, 11) is -1.61. The van der Waals surface area contributed by atoms with E-state index in [-0.39, 0.29) is 5.03 Å². The summed E-state index contributed by atoms with van der Waals surface area (Å²) in [5.41, 5.74) is 0. The SMILES string of the molecule is C=N/C(=C\NC)S(C)(=O)=O. The van der Waals surface area contributed by atoms with Crippen LogP contribution in [-0.2, 0) is 9.84 Å². The first-order valence-electron chi connectivity index (χ1n) is 2.56. The van der Waals surface area contributed by atoms with Gasteiger partial charge in [-0.25, -0.2) is 8.42 Å². The van der Waals surface area contributed by atoms with Crippen molar-refractivity contribution < 1.29 is 8.42 Å². The van der Waals surface area contributed by atoms with Crippen LogP contribution in [0.25, 0.3) is 0 Å². The summed E-state index contributed by atoms with van der Waals surface area (Å²) in [6.45, 7) is 3.11. The Labute approximate surface area is 60.6 Å². The first-order chi connectivity index (χ1) is 4.52. The Balaban J connectivity index is 4.71. The molecule has 5 heteroatoms. The topological polar surface area (TPSA) is 58.5 Å². The molecule has 0 aliphatic carbocycles. The molecular weight excluding hydrogens is 152 g/mol. The molecular formula is C5H10N2O2S. The molecule has 0 atom stereocenters. The zero-order valence-electron chi connectivity index (χ0n) is 5.96. The normalized spacial score (nSPS) is 12.8. The smallest absolute Gasteiger partial charge is 0.194 e. The highest BCUT2D eigenvalue weighted by Gasteiger charge is 2.06. The van der Waals surface area contributed by atoms with Crippen LogP contribution in [0.3, 0.4) is 0 Å². The minimum Gasteiger partial charge on any atom is -0.392 e. The van der Waals surface area contributed by atoms with E-state index in [4.69, 9.17) is 0 Å². The molecule has 4 nitrogen and oxygen atoms in total. The number of nitrogens with zero attached hydrogens (tertiary/aromatic N) is 1. The molecule has 10 heavy (non-hydrogen) atoms. The van der Waals surface area contributed by atoms with Crippen LogP contribution in [0.2, 0.25) is 0 Å². The third-order valence-corrected chi connectivity index (χ3v) is 1.81. The standard InChI is InChI=1S/C5H10N2O2S/c1-6-4-5(7-2)10(3,8)9/h4,6H,2H2,1,3H3/b5-4+. The lowest BCUT2D eigenvalue weighted by atomic mass is 10.9. The molecule has 0 bridgehead atoms. The van der Waals surface area contributed by atoms with E-state index in [0.29, 0.717) is 0 Å². The van der Waals surface area contributed by atoms with Gasteiger partial charge in [0.25, 0.3) is 0 Å². The fourth-order valence-corrected chi connectivity index (χ4v) is 0.960. The van der Waals surface area contributed by atoms with Crippen molar-refractivity contribution in [3.8, 4) is 0 Å². The van der Waals surface area contributed by atoms with E-state index < -0.39 is 9.84 Å². The van der Waals surface area contributed by atoms with Crippen molar-refractivity contribution in [3.05, 3.63) is 11.2 Å². The first-order valence-corrected chi connectivity index (χ1v) is 4.45. The number of nitrogens with one attached hydrogen (secondary N) is 1. The summed E-state index contributed by atoms with van der Waals surface area (Å²) in [6.07, 6.45) is 2.35. The van der Waals surface area contributed by atoms with Gasteiger partial charge in [-0.3, -0.25) is 4.99 Å². The predicted octanol–water partition coefficient (Wildman–Crippen LogP) is -0.250. The van der Waals surface area contributed by atoms with E-state index in [0.717, 1.165) is 6.26 Å². The lowest BCUT2D eigenvalue weighted by Crippen LogP contribution is -2.03. The van der Waals surface area contributed by atoms with E-state index in [9.17, 15) is 8.42 Å². The van der Waals surface area contributed by atoms with Crippen molar-refractivity contribution in [2.45, 2.75) is 0 Å². The maximum atomic E-state index is 10.7. The molecule has 0 aromatic carbocycles. The van der Waals surface area contributed by atoms with Gasteiger partial charge in [-0.2, -0.15) is 0 Å². The Hall–Kier alpha value is -0.840. The van der Waals surface area contributed by atoms with Gasteiger partial charge in [-0.1, -0.05) is 0 Å². The summed E-state index contributed by atoms with van der Waals surface area (Å²) in [6, 6.07) is 0. The average molecular weight is 162 g/mol. The van der Waals surface area contributed by atoms with Crippen LogP contribution >= 0.6 is 0 Å². The number of aliphatic imine (C=N–C) groups is 1.